The quantitative estimate of drug-likeness (QED) is 0.814. The molecule has 27 heavy (non-hydrogen) atoms. The Morgan fingerprint density at radius 1 is 0.889 bits per heavy atom. The molecule has 3 rings (SSSR count). The second-order valence-corrected chi connectivity index (χ2v) is 6.99. The molecule has 2 aromatic rings. The summed E-state index contributed by atoms with van der Waals surface area (Å²) < 4.78 is 12.9. The number of hydrogen-bond acceptors (Lipinski definition) is 2. The van der Waals surface area contributed by atoms with Gasteiger partial charge in [0.25, 0.3) is 0 Å². The van der Waals surface area contributed by atoms with E-state index in [4.69, 9.17) is 0 Å². The molecule has 0 atom stereocenters. The number of benzene rings is 2. The average Bonchev–Trinajstić information content (AvgIpc) is 2.69. The smallest absolute Gasteiger partial charge is 0.227 e. The van der Waals surface area contributed by atoms with Gasteiger partial charge in [-0.3, -0.25) is 9.59 Å². The highest BCUT2D eigenvalue weighted by Crippen LogP contribution is 2.12. The fourth-order valence-corrected chi connectivity index (χ4v) is 3.35. The molecule has 5 heteroatoms. The maximum Gasteiger partial charge on any atom is 0.227 e. The molecule has 1 fully saturated rings. The Kier molecular flexibility index (Phi) is 6.22. The number of hydrogen-bond donors (Lipinski definition) is 0. The highest BCUT2D eigenvalue weighted by molar-refractivity contribution is 5.80. The number of rotatable bonds is 5. The molecule has 4 nitrogen and oxygen atoms in total. The van der Waals surface area contributed by atoms with E-state index >= 15 is 0 Å². The maximum absolute atomic E-state index is 12.9. The second kappa shape index (κ2) is 8.80. The molecule has 0 bridgehead atoms. The Morgan fingerprint density at radius 2 is 1.48 bits per heavy atom. The van der Waals surface area contributed by atoms with Gasteiger partial charge in [0.2, 0.25) is 11.8 Å². The van der Waals surface area contributed by atoms with Crippen molar-refractivity contribution in [1.29, 1.82) is 0 Å². The number of carbonyl (C=O) groups excluding carboxylic acids is 2. The van der Waals surface area contributed by atoms with E-state index in [0.29, 0.717) is 45.4 Å². The highest BCUT2D eigenvalue weighted by atomic mass is 19.1. The Bertz CT molecular complexity index is 796. The molecule has 1 saturated heterocycles. The summed E-state index contributed by atoms with van der Waals surface area (Å²) in [7, 11) is 0. The van der Waals surface area contributed by atoms with Crippen LogP contribution >= 0.6 is 0 Å². The minimum Gasteiger partial charge on any atom is -0.339 e. The Morgan fingerprint density at radius 3 is 2.11 bits per heavy atom. The third kappa shape index (κ3) is 5.16. The van der Waals surface area contributed by atoms with Crippen LogP contribution in [-0.2, 0) is 22.4 Å². The van der Waals surface area contributed by atoms with E-state index in [-0.39, 0.29) is 17.6 Å². The number of amides is 2. The van der Waals surface area contributed by atoms with Crippen LogP contribution in [0.3, 0.4) is 0 Å². The van der Waals surface area contributed by atoms with Crippen LogP contribution in [0.4, 0.5) is 4.39 Å². The molecule has 142 valence electrons. The summed E-state index contributed by atoms with van der Waals surface area (Å²) in [4.78, 5) is 28.6. The fraction of sp³-hybridized carbons (Fsp3) is 0.364. The van der Waals surface area contributed by atoms with Gasteiger partial charge in [-0.15, -0.1) is 0 Å². The molecule has 0 aliphatic carbocycles. The summed E-state index contributed by atoms with van der Waals surface area (Å²) in [6.07, 6.45) is 1.42. The van der Waals surface area contributed by atoms with E-state index in [2.05, 4.69) is 0 Å². The van der Waals surface area contributed by atoms with Gasteiger partial charge in [-0.2, -0.15) is 0 Å². The normalized spacial score (nSPS) is 14.3. The molecular weight excluding hydrogens is 343 g/mol. The van der Waals surface area contributed by atoms with Gasteiger partial charge >= 0.3 is 0 Å². The average molecular weight is 368 g/mol. The van der Waals surface area contributed by atoms with Crippen molar-refractivity contribution in [1.82, 2.24) is 9.80 Å². The van der Waals surface area contributed by atoms with Crippen molar-refractivity contribution in [3.63, 3.8) is 0 Å². The summed E-state index contributed by atoms with van der Waals surface area (Å²) in [5, 5.41) is 0. The van der Waals surface area contributed by atoms with E-state index in [1.54, 1.807) is 12.1 Å². The molecule has 2 aromatic carbocycles. The Balaban J connectivity index is 1.45. The Labute approximate surface area is 159 Å². The predicted molar refractivity (Wildman–Crippen MR) is 103 cm³/mol. The summed E-state index contributed by atoms with van der Waals surface area (Å²) in [6.45, 7) is 4.31. The lowest BCUT2D eigenvalue weighted by Gasteiger charge is -2.35. The summed E-state index contributed by atoms with van der Waals surface area (Å²) in [5.74, 6) is -0.0652. The lowest BCUT2D eigenvalue weighted by Crippen LogP contribution is -2.51. The van der Waals surface area contributed by atoms with Crippen LogP contribution in [0.1, 0.15) is 23.1 Å². The van der Waals surface area contributed by atoms with Crippen molar-refractivity contribution in [3.05, 3.63) is 71.0 Å². The molecule has 0 radical (unpaired) electrons. The monoisotopic (exact) mass is 368 g/mol. The zero-order chi connectivity index (χ0) is 19.2. The zero-order valence-electron chi connectivity index (χ0n) is 15.7. The molecule has 1 aliphatic heterocycles. The molecule has 0 saturated carbocycles. The highest BCUT2D eigenvalue weighted by Gasteiger charge is 2.24. The van der Waals surface area contributed by atoms with Crippen molar-refractivity contribution < 1.29 is 14.0 Å². The number of aryl methyl sites for hydroxylation is 2. The van der Waals surface area contributed by atoms with Gasteiger partial charge in [0.1, 0.15) is 5.82 Å². The van der Waals surface area contributed by atoms with Gasteiger partial charge in [-0.25, -0.2) is 4.39 Å². The molecule has 0 N–H and O–H groups in total. The minimum absolute atomic E-state index is 0.0883. The van der Waals surface area contributed by atoms with Crippen LogP contribution in [-0.4, -0.2) is 47.8 Å². The van der Waals surface area contributed by atoms with Crippen LogP contribution in [0.25, 0.3) is 0 Å². The lowest BCUT2D eigenvalue weighted by molar-refractivity contribution is -0.139. The fourth-order valence-electron chi connectivity index (χ4n) is 3.35. The second-order valence-electron chi connectivity index (χ2n) is 6.99. The third-order valence-corrected chi connectivity index (χ3v) is 5.13. The molecule has 0 unspecified atom stereocenters. The van der Waals surface area contributed by atoms with Crippen molar-refractivity contribution in [2.24, 2.45) is 0 Å². The summed E-state index contributed by atoms with van der Waals surface area (Å²) >= 11 is 0. The first-order valence-corrected chi connectivity index (χ1v) is 9.37. The summed E-state index contributed by atoms with van der Waals surface area (Å²) in [6, 6.07) is 14.2. The lowest BCUT2D eigenvalue weighted by atomic mass is 10.1. The molecule has 0 spiro atoms. The number of carbonyl (C=O) groups is 2. The van der Waals surface area contributed by atoms with E-state index in [1.807, 2.05) is 41.0 Å². The van der Waals surface area contributed by atoms with Crippen molar-refractivity contribution in [3.8, 4) is 0 Å². The van der Waals surface area contributed by atoms with Crippen LogP contribution in [0.15, 0.2) is 48.5 Å². The van der Waals surface area contributed by atoms with Crippen LogP contribution in [0, 0.1) is 12.7 Å². The molecule has 2 amide bonds. The number of nitrogens with zero attached hydrogens (tertiary/aromatic N) is 2. The molecule has 1 heterocycles. The first-order chi connectivity index (χ1) is 13.0. The first-order valence-electron chi connectivity index (χ1n) is 9.37. The Hall–Kier alpha value is -2.69. The number of piperazine rings is 1. The first kappa shape index (κ1) is 19.1. The van der Waals surface area contributed by atoms with Crippen molar-refractivity contribution in [2.75, 3.05) is 26.2 Å². The van der Waals surface area contributed by atoms with Crippen LogP contribution in [0.2, 0.25) is 0 Å². The predicted octanol–water partition coefficient (Wildman–Crippen LogP) is 2.98. The maximum atomic E-state index is 12.9. The zero-order valence-corrected chi connectivity index (χ0v) is 15.7. The summed E-state index contributed by atoms with van der Waals surface area (Å²) in [5.41, 5.74) is 3.14. The third-order valence-electron chi connectivity index (χ3n) is 5.13. The van der Waals surface area contributed by atoms with Gasteiger partial charge in [-0.05, 0) is 42.2 Å². The van der Waals surface area contributed by atoms with E-state index in [0.717, 1.165) is 16.7 Å². The van der Waals surface area contributed by atoms with Gasteiger partial charge in [0.05, 0.1) is 6.42 Å². The van der Waals surface area contributed by atoms with Crippen molar-refractivity contribution >= 4 is 11.8 Å². The van der Waals surface area contributed by atoms with E-state index in [9.17, 15) is 14.0 Å². The minimum atomic E-state index is -0.267. The van der Waals surface area contributed by atoms with Crippen LogP contribution in [0.5, 0.6) is 0 Å². The molecule has 1 aliphatic rings. The van der Waals surface area contributed by atoms with E-state index < -0.39 is 0 Å². The molecular formula is C22H25FN2O2. The van der Waals surface area contributed by atoms with E-state index in [1.165, 1.54) is 12.1 Å². The molecule has 0 aromatic heterocycles. The number of halogens is 1. The van der Waals surface area contributed by atoms with Gasteiger partial charge in [0, 0.05) is 32.6 Å². The standard InChI is InChI=1S/C22H25FN2O2/c1-17-4-2-3-5-19(17)16-22(27)25-14-12-24(13-15-25)21(26)11-8-18-6-9-20(23)10-7-18/h2-7,9-10H,8,11-16H2,1H3. The van der Waals surface area contributed by atoms with Crippen molar-refractivity contribution in [2.45, 2.75) is 26.2 Å². The largest absolute Gasteiger partial charge is 0.339 e. The topological polar surface area (TPSA) is 40.6 Å². The van der Waals surface area contributed by atoms with Gasteiger partial charge in [0.15, 0.2) is 0 Å². The SMILES string of the molecule is Cc1ccccc1CC(=O)N1CCN(C(=O)CCc2ccc(F)cc2)CC1. The van der Waals surface area contributed by atoms with Gasteiger partial charge < -0.3 is 9.80 Å². The van der Waals surface area contributed by atoms with Crippen LogP contribution < -0.4 is 0 Å². The van der Waals surface area contributed by atoms with Gasteiger partial charge in [-0.1, -0.05) is 36.4 Å².